The Balaban J connectivity index is 2.26. The first-order chi connectivity index (χ1) is 8.22. The van der Waals surface area contributed by atoms with Crippen LogP contribution in [0.15, 0.2) is 41.8 Å². The minimum absolute atomic E-state index is 0.595. The summed E-state index contributed by atoms with van der Waals surface area (Å²) < 4.78 is 0. The Bertz CT molecular complexity index is 530. The van der Waals surface area contributed by atoms with Crippen molar-refractivity contribution in [2.75, 3.05) is 0 Å². The van der Waals surface area contributed by atoms with Crippen LogP contribution in [0, 0.1) is 11.3 Å². The van der Waals surface area contributed by atoms with Gasteiger partial charge in [0.05, 0.1) is 6.07 Å². The minimum atomic E-state index is -1.38. The summed E-state index contributed by atoms with van der Waals surface area (Å²) in [6.07, 6.45) is -2.51. The summed E-state index contributed by atoms with van der Waals surface area (Å²) in [5.74, 6) is 0. The van der Waals surface area contributed by atoms with E-state index in [9.17, 15) is 10.2 Å². The summed E-state index contributed by atoms with van der Waals surface area (Å²) in [6, 6.07) is 13.2. The van der Waals surface area contributed by atoms with E-state index in [0.717, 1.165) is 11.1 Å². The van der Waals surface area contributed by atoms with E-state index >= 15 is 0 Å². The average Bonchev–Trinajstić information content (AvgIpc) is 2.87. The summed E-state index contributed by atoms with van der Waals surface area (Å²) in [6.45, 7) is 0. The molecule has 0 aliphatic heterocycles. The predicted octanol–water partition coefficient (Wildman–Crippen LogP) is 2.33. The largest absolute Gasteiger partial charge is 0.384 e. The van der Waals surface area contributed by atoms with E-state index in [-0.39, 0.29) is 0 Å². The van der Waals surface area contributed by atoms with Crippen molar-refractivity contribution in [3.63, 3.8) is 0 Å². The normalized spacial score (nSPS) is 13.9. The fraction of sp³-hybridized carbons (Fsp3) is 0.154. The van der Waals surface area contributed by atoms with E-state index in [0.29, 0.717) is 4.88 Å². The van der Waals surface area contributed by atoms with E-state index in [2.05, 4.69) is 0 Å². The first-order valence-corrected chi connectivity index (χ1v) is 6.00. The highest BCUT2D eigenvalue weighted by Crippen LogP contribution is 2.30. The molecule has 0 amide bonds. The Kier molecular flexibility index (Phi) is 3.55. The summed E-state index contributed by atoms with van der Waals surface area (Å²) in [4.78, 5) is 0.595. The highest BCUT2D eigenvalue weighted by atomic mass is 32.1. The Morgan fingerprint density at radius 3 is 2.47 bits per heavy atom. The highest BCUT2D eigenvalue weighted by molar-refractivity contribution is 7.10. The van der Waals surface area contributed by atoms with Gasteiger partial charge in [-0.2, -0.15) is 5.26 Å². The van der Waals surface area contributed by atoms with Gasteiger partial charge < -0.3 is 10.2 Å². The lowest BCUT2D eigenvalue weighted by molar-refractivity contribution is 0.0552. The smallest absolute Gasteiger partial charge is 0.171 e. The Morgan fingerprint density at radius 1 is 1.12 bits per heavy atom. The molecule has 0 aliphatic rings. The molecule has 86 valence electrons. The number of aliphatic hydroxyl groups is 2. The number of rotatable bonds is 3. The van der Waals surface area contributed by atoms with Crippen molar-refractivity contribution < 1.29 is 10.2 Å². The maximum absolute atomic E-state index is 9.69. The first-order valence-electron chi connectivity index (χ1n) is 5.12. The molecule has 4 heteroatoms. The SMILES string of the molecule is N#CC(O)C(O)c1cc(-c2ccccc2)cs1. The van der Waals surface area contributed by atoms with E-state index < -0.39 is 12.2 Å². The standard InChI is InChI=1S/C13H11NO2S/c14-7-11(15)13(16)12-6-10(8-17-12)9-4-2-1-3-5-9/h1-6,8,11,13,15-16H. The van der Waals surface area contributed by atoms with Gasteiger partial charge in [0, 0.05) is 4.88 Å². The van der Waals surface area contributed by atoms with Gasteiger partial charge in [0.15, 0.2) is 6.10 Å². The third-order valence-electron chi connectivity index (χ3n) is 2.45. The lowest BCUT2D eigenvalue weighted by Crippen LogP contribution is -2.14. The third kappa shape index (κ3) is 2.53. The second kappa shape index (κ2) is 5.11. The van der Waals surface area contributed by atoms with Crippen LogP contribution >= 0.6 is 11.3 Å². The van der Waals surface area contributed by atoms with Crippen molar-refractivity contribution >= 4 is 11.3 Å². The van der Waals surface area contributed by atoms with Crippen molar-refractivity contribution in [1.82, 2.24) is 0 Å². The summed E-state index contributed by atoms with van der Waals surface area (Å²) >= 11 is 1.34. The molecule has 0 fully saturated rings. The van der Waals surface area contributed by atoms with Crippen LogP contribution in [-0.2, 0) is 0 Å². The molecule has 2 aromatic rings. The Morgan fingerprint density at radius 2 is 1.82 bits per heavy atom. The number of thiophene rings is 1. The molecule has 0 saturated heterocycles. The maximum Gasteiger partial charge on any atom is 0.171 e. The fourth-order valence-corrected chi connectivity index (χ4v) is 2.45. The zero-order chi connectivity index (χ0) is 12.3. The van der Waals surface area contributed by atoms with Gasteiger partial charge in [-0.3, -0.25) is 0 Å². The van der Waals surface area contributed by atoms with Crippen molar-refractivity contribution in [3.8, 4) is 17.2 Å². The molecule has 17 heavy (non-hydrogen) atoms. The number of hydrogen-bond donors (Lipinski definition) is 2. The number of aliphatic hydroxyl groups excluding tert-OH is 2. The van der Waals surface area contributed by atoms with E-state index in [1.807, 2.05) is 35.7 Å². The number of hydrogen-bond acceptors (Lipinski definition) is 4. The second-order valence-electron chi connectivity index (χ2n) is 3.62. The highest BCUT2D eigenvalue weighted by Gasteiger charge is 2.19. The van der Waals surface area contributed by atoms with Crippen molar-refractivity contribution in [1.29, 1.82) is 5.26 Å². The molecule has 0 spiro atoms. The average molecular weight is 245 g/mol. The monoisotopic (exact) mass is 245 g/mol. The molecule has 0 aliphatic carbocycles. The fourth-order valence-electron chi connectivity index (χ4n) is 1.52. The molecule has 2 unspecified atom stereocenters. The van der Waals surface area contributed by atoms with E-state index in [4.69, 9.17) is 5.26 Å². The molecule has 0 radical (unpaired) electrons. The molecular weight excluding hydrogens is 234 g/mol. The van der Waals surface area contributed by atoms with Crippen LogP contribution in [0.5, 0.6) is 0 Å². The quantitative estimate of drug-likeness (QED) is 0.816. The molecular formula is C13H11NO2S. The minimum Gasteiger partial charge on any atom is -0.384 e. The maximum atomic E-state index is 9.69. The Labute approximate surface area is 103 Å². The van der Waals surface area contributed by atoms with Crippen molar-refractivity contribution in [2.24, 2.45) is 0 Å². The predicted molar refractivity (Wildman–Crippen MR) is 66.3 cm³/mol. The molecule has 3 nitrogen and oxygen atoms in total. The second-order valence-corrected chi connectivity index (χ2v) is 4.57. The zero-order valence-electron chi connectivity index (χ0n) is 8.95. The molecule has 2 N–H and O–H groups in total. The topological polar surface area (TPSA) is 64.2 Å². The molecule has 0 bridgehead atoms. The van der Waals surface area contributed by atoms with Gasteiger partial charge in [-0.1, -0.05) is 30.3 Å². The first kappa shape index (κ1) is 11.8. The molecule has 2 rings (SSSR count). The van der Waals surface area contributed by atoms with Gasteiger partial charge in [-0.25, -0.2) is 0 Å². The van der Waals surface area contributed by atoms with Gasteiger partial charge in [-0.05, 0) is 22.6 Å². The number of nitrogens with zero attached hydrogens (tertiary/aromatic N) is 1. The van der Waals surface area contributed by atoms with Gasteiger partial charge in [0.25, 0.3) is 0 Å². The van der Waals surface area contributed by atoms with E-state index in [1.165, 1.54) is 11.3 Å². The van der Waals surface area contributed by atoms with Gasteiger partial charge in [0.2, 0.25) is 0 Å². The van der Waals surface area contributed by atoms with Gasteiger partial charge >= 0.3 is 0 Å². The molecule has 1 aromatic heterocycles. The van der Waals surface area contributed by atoms with E-state index in [1.54, 1.807) is 12.1 Å². The van der Waals surface area contributed by atoms with Crippen molar-refractivity contribution in [3.05, 3.63) is 46.7 Å². The van der Waals surface area contributed by atoms with Crippen LogP contribution in [0.3, 0.4) is 0 Å². The number of nitriles is 1. The molecule has 1 aromatic carbocycles. The summed E-state index contributed by atoms with van der Waals surface area (Å²) in [5, 5.41) is 29.4. The zero-order valence-corrected chi connectivity index (χ0v) is 9.76. The molecule has 1 heterocycles. The summed E-state index contributed by atoms with van der Waals surface area (Å²) in [5.41, 5.74) is 2.03. The third-order valence-corrected chi connectivity index (χ3v) is 3.45. The lowest BCUT2D eigenvalue weighted by Gasteiger charge is -2.08. The lowest BCUT2D eigenvalue weighted by atomic mass is 10.1. The Hall–Kier alpha value is -1.67. The van der Waals surface area contributed by atoms with Crippen LogP contribution in [0.25, 0.3) is 11.1 Å². The van der Waals surface area contributed by atoms with Crippen LogP contribution in [0.1, 0.15) is 11.0 Å². The van der Waals surface area contributed by atoms with Gasteiger partial charge in [0.1, 0.15) is 6.10 Å². The van der Waals surface area contributed by atoms with Crippen LogP contribution in [0.4, 0.5) is 0 Å². The molecule has 2 atom stereocenters. The van der Waals surface area contributed by atoms with Crippen LogP contribution < -0.4 is 0 Å². The number of benzene rings is 1. The van der Waals surface area contributed by atoms with Crippen LogP contribution in [0.2, 0.25) is 0 Å². The summed E-state index contributed by atoms with van der Waals surface area (Å²) in [7, 11) is 0. The molecule has 0 saturated carbocycles. The van der Waals surface area contributed by atoms with Crippen LogP contribution in [-0.4, -0.2) is 16.3 Å². The van der Waals surface area contributed by atoms with Crippen molar-refractivity contribution in [2.45, 2.75) is 12.2 Å². The van der Waals surface area contributed by atoms with Gasteiger partial charge in [-0.15, -0.1) is 11.3 Å².